The average molecular weight is 228 g/mol. The molecule has 0 saturated carbocycles. The Balaban J connectivity index is 2.31. The van der Waals surface area contributed by atoms with E-state index >= 15 is 0 Å². The molecule has 2 rings (SSSR count). The van der Waals surface area contributed by atoms with E-state index in [4.69, 9.17) is 22.9 Å². The summed E-state index contributed by atoms with van der Waals surface area (Å²) >= 11 is 0. The lowest BCUT2D eigenvalue weighted by Crippen LogP contribution is -2.00. The second-order valence-corrected chi connectivity index (χ2v) is 4.10. The lowest BCUT2D eigenvalue weighted by molar-refractivity contribution is 1.20. The Morgan fingerprint density at radius 3 is 2.12 bits per heavy atom. The van der Waals surface area contributed by atoms with Crippen LogP contribution in [0.2, 0.25) is 0 Å². The molecule has 2 aromatic rings. The fraction of sp³-hybridized carbons (Fsp3) is 0.0769. The monoisotopic (exact) mass is 228 g/mol. The van der Waals surface area contributed by atoms with Crippen molar-refractivity contribution in [1.82, 2.24) is 0 Å². The van der Waals surface area contributed by atoms with E-state index in [2.05, 4.69) is 0 Å². The van der Waals surface area contributed by atoms with E-state index in [1.54, 1.807) is 12.1 Å². The molecular weight excluding hydrogens is 212 g/mol. The van der Waals surface area contributed by atoms with Crippen LogP contribution in [0.3, 0.4) is 0 Å². The van der Waals surface area contributed by atoms with E-state index in [1.807, 2.05) is 24.3 Å². The molecule has 0 aliphatic rings. The third-order valence-corrected chi connectivity index (χ3v) is 2.71. The molecule has 17 heavy (non-hydrogen) atoms. The molecule has 8 N–H and O–H groups in total. The minimum Gasteiger partial charge on any atom is -0.399 e. The van der Waals surface area contributed by atoms with E-state index < -0.39 is 0 Å². The number of nitrogens with two attached hydrogens (primary N) is 4. The van der Waals surface area contributed by atoms with Gasteiger partial charge in [-0.3, -0.25) is 0 Å². The SMILES string of the molecule is Nc1ccc(N)c(Cc2ccc(N)c(N)c2)c1. The molecule has 4 heteroatoms. The van der Waals surface area contributed by atoms with Gasteiger partial charge in [0.15, 0.2) is 0 Å². The Morgan fingerprint density at radius 1 is 0.706 bits per heavy atom. The fourth-order valence-corrected chi connectivity index (χ4v) is 1.73. The molecular formula is C13H16N4. The predicted octanol–water partition coefficient (Wildman–Crippen LogP) is 1.61. The van der Waals surface area contributed by atoms with Crippen molar-refractivity contribution in [3.8, 4) is 0 Å². The van der Waals surface area contributed by atoms with Crippen LogP contribution in [-0.4, -0.2) is 0 Å². The number of nitrogen functional groups attached to an aromatic ring is 4. The second-order valence-electron chi connectivity index (χ2n) is 4.10. The molecule has 0 fully saturated rings. The largest absolute Gasteiger partial charge is 0.399 e. The summed E-state index contributed by atoms with van der Waals surface area (Å²) in [6, 6.07) is 11.1. The Bertz CT molecular complexity index is 549. The lowest BCUT2D eigenvalue weighted by Gasteiger charge is -2.08. The van der Waals surface area contributed by atoms with Crippen LogP contribution in [0.25, 0.3) is 0 Å². The minimum absolute atomic E-state index is 0.588. The zero-order valence-corrected chi connectivity index (χ0v) is 9.48. The van der Waals surface area contributed by atoms with Crippen LogP contribution in [0.4, 0.5) is 22.7 Å². The molecule has 0 unspecified atom stereocenters. The lowest BCUT2D eigenvalue weighted by atomic mass is 10.0. The minimum atomic E-state index is 0.588. The first kappa shape index (κ1) is 11.1. The van der Waals surface area contributed by atoms with Crippen molar-refractivity contribution in [3.05, 3.63) is 47.5 Å². The summed E-state index contributed by atoms with van der Waals surface area (Å²) in [6.07, 6.45) is 0.696. The smallest absolute Gasteiger partial charge is 0.0550 e. The van der Waals surface area contributed by atoms with Crippen molar-refractivity contribution in [2.24, 2.45) is 0 Å². The van der Waals surface area contributed by atoms with Crippen molar-refractivity contribution >= 4 is 22.7 Å². The summed E-state index contributed by atoms with van der Waals surface area (Å²) in [4.78, 5) is 0. The number of anilines is 4. The molecule has 0 saturated heterocycles. The molecule has 0 spiro atoms. The molecule has 0 aromatic heterocycles. The predicted molar refractivity (Wildman–Crippen MR) is 73.3 cm³/mol. The van der Waals surface area contributed by atoms with Crippen LogP contribution < -0.4 is 22.9 Å². The van der Waals surface area contributed by atoms with E-state index in [0.29, 0.717) is 23.5 Å². The molecule has 0 atom stereocenters. The van der Waals surface area contributed by atoms with Gasteiger partial charge in [-0.1, -0.05) is 6.07 Å². The number of benzene rings is 2. The molecule has 88 valence electrons. The normalized spacial score (nSPS) is 10.4. The van der Waals surface area contributed by atoms with Gasteiger partial charge in [-0.25, -0.2) is 0 Å². The summed E-state index contributed by atoms with van der Waals surface area (Å²) in [5, 5.41) is 0. The van der Waals surface area contributed by atoms with Crippen molar-refractivity contribution in [3.63, 3.8) is 0 Å². The van der Waals surface area contributed by atoms with Crippen molar-refractivity contribution in [2.75, 3.05) is 22.9 Å². The molecule has 0 heterocycles. The highest BCUT2D eigenvalue weighted by molar-refractivity contribution is 5.65. The van der Waals surface area contributed by atoms with Gasteiger partial charge in [-0.05, 0) is 47.9 Å². The fourth-order valence-electron chi connectivity index (χ4n) is 1.73. The van der Waals surface area contributed by atoms with Gasteiger partial charge in [0.2, 0.25) is 0 Å². The quantitative estimate of drug-likeness (QED) is 0.586. The van der Waals surface area contributed by atoms with Gasteiger partial charge in [-0.15, -0.1) is 0 Å². The van der Waals surface area contributed by atoms with Crippen molar-refractivity contribution in [2.45, 2.75) is 6.42 Å². The highest BCUT2D eigenvalue weighted by Gasteiger charge is 2.03. The zero-order chi connectivity index (χ0) is 12.4. The molecule has 0 bridgehead atoms. The van der Waals surface area contributed by atoms with Crippen LogP contribution in [0.1, 0.15) is 11.1 Å². The molecule has 0 aliphatic heterocycles. The highest BCUT2D eigenvalue weighted by atomic mass is 14.7. The van der Waals surface area contributed by atoms with Gasteiger partial charge >= 0.3 is 0 Å². The standard InChI is InChI=1S/C13H16N4/c14-10-2-4-11(15)9(7-10)5-8-1-3-12(16)13(17)6-8/h1-4,6-7H,5,14-17H2. The highest BCUT2D eigenvalue weighted by Crippen LogP contribution is 2.22. The Morgan fingerprint density at radius 2 is 1.41 bits per heavy atom. The number of hydrogen-bond donors (Lipinski definition) is 4. The Labute approximate surface area is 100 Å². The number of rotatable bonds is 2. The molecule has 0 aliphatic carbocycles. The third kappa shape index (κ3) is 2.42. The van der Waals surface area contributed by atoms with Crippen molar-refractivity contribution < 1.29 is 0 Å². The average Bonchev–Trinajstić information content (AvgIpc) is 2.29. The second kappa shape index (κ2) is 4.25. The summed E-state index contributed by atoms with van der Waals surface area (Å²) in [5.74, 6) is 0. The van der Waals surface area contributed by atoms with Gasteiger partial charge < -0.3 is 22.9 Å². The maximum Gasteiger partial charge on any atom is 0.0550 e. The van der Waals surface area contributed by atoms with Crippen LogP contribution in [0, 0.1) is 0 Å². The van der Waals surface area contributed by atoms with Crippen LogP contribution >= 0.6 is 0 Å². The summed E-state index contributed by atoms with van der Waals surface area (Å²) < 4.78 is 0. The third-order valence-electron chi connectivity index (χ3n) is 2.71. The van der Waals surface area contributed by atoms with Gasteiger partial charge in [0.05, 0.1) is 11.4 Å². The van der Waals surface area contributed by atoms with E-state index in [9.17, 15) is 0 Å². The zero-order valence-electron chi connectivity index (χ0n) is 9.48. The van der Waals surface area contributed by atoms with Gasteiger partial charge in [0.25, 0.3) is 0 Å². The molecule has 0 radical (unpaired) electrons. The maximum atomic E-state index is 5.89. The first-order valence-corrected chi connectivity index (χ1v) is 5.34. The molecule has 0 amide bonds. The van der Waals surface area contributed by atoms with Gasteiger partial charge in [-0.2, -0.15) is 0 Å². The molecule has 4 nitrogen and oxygen atoms in total. The van der Waals surface area contributed by atoms with E-state index in [0.717, 1.165) is 16.8 Å². The van der Waals surface area contributed by atoms with Crippen LogP contribution in [0.5, 0.6) is 0 Å². The first-order chi connectivity index (χ1) is 8.06. The number of hydrogen-bond acceptors (Lipinski definition) is 4. The van der Waals surface area contributed by atoms with Crippen LogP contribution in [0.15, 0.2) is 36.4 Å². The first-order valence-electron chi connectivity index (χ1n) is 5.34. The topological polar surface area (TPSA) is 104 Å². The van der Waals surface area contributed by atoms with E-state index in [1.165, 1.54) is 0 Å². The van der Waals surface area contributed by atoms with Crippen molar-refractivity contribution in [1.29, 1.82) is 0 Å². The van der Waals surface area contributed by atoms with Crippen LogP contribution in [-0.2, 0) is 6.42 Å². The summed E-state index contributed by atoms with van der Waals surface area (Å²) in [6.45, 7) is 0. The Kier molecular flexibility index (Phi) is 2.78. The summed E-state index contributed by atoms with van der Waals surface area (Å²) in [7, 11) is 0. The summed E-state index contributed by atoms with van der Waals surface area (Å²) in [5.41, 5.74) is 27.7. The maximum absolute atomic E-state index is 5.89. The van der Waals surface area contributed by atoms with Gasteiger partial charge in [0.1, 0.15) is 0 Å². The molecule has 2 aromatic carbocycles. The van der Waals surface area contributed by atoms with Gasteiger partial charge in [0, 0.05) is 11.4 Å². The Hall–Kier alpha value is -2.36. The van der Waals surface area contributed by atoms with E-state index in [-0.39, 0.29) is 0 Å².